The summed E-state index contributed by atoms with van der Waals surface area (Å²) in [6.07, 6.45) is 2.43. The number of nitrogens with zero attached hydrogens (tertiary/aromatic N) is 1. The molecule has 1 aromatic heterocycles. The van der Waals surface area contributed by atoms with Gasteiger partial charge in [-0.15, -0.1) is 11.3 Å². The van der Waals surface area contributed by atoms with Crippen LogP contribution in [0.5, 0.6) is 0 Å². The van der Waals surface area contributed by atoms with E-state index in [2.05, 4.69) is 10.1 Å². The number of methoxy groups -OCH3 is 1. The monoisotopic (exact) mass is 308 g/mol. The molecule has 7 heteroatoms. The van der Waals surface area contributed by atoms with E-state index in [0.717, 1.165) is 28.2 Å². The first-order chi connectivity index (χ1) is 10.1. The van der Waals surface area contributed by atoms with Gasteiger partial charge in [0.25, 0.3) is 5.91 Å². The van der Waals surface area contributed by atoms with E-state index in [1.807, 2.05) is 11.4 Å². The third kappa shape index (κ3) is 2.12. The number of carbonyl (C=O) groups is 3. The van der Waals surface area contributed by atoms with Gasteiger partial charge in [-0.3, -0.25) is 14.5 Å². The third-order valence-electron chi connectivity index (χ3n) is 4.10. The van der Waals surface area contributed by atoms with Crippen molar-refractivity contribution in [3.63, 3.8) is 0 Å². The average molecular weight is 308 g/mol. The molecule has 3 rings (SSSR count). The van der Waals surface area contributed by atoms with Crippen molar-refractivity contribution in [2.45, 2.75) is 31.2 Å². The molecule has 1 N–H and O–H groups in total. The lowest BCUT2D eigenvalue weighted by Gasteiger charge is -2.31. The zero-order valence-corrected chi connectivity index (χ0v) is 12.5. The second-order valence-electron chi connectivity index (χ2n) is 5.23. The molecule has 0 radical (unpaired) electrons. The fourth-order valence-electron chi connectivity index (χ4n) is 3.05. The Morgan fingerprint density at radius 2 is 2.33 bits per heavy atom. The highest BCUT2D eigenvalue weighted by atomic mass is 32.1. The van der Waals surface area contributed by atoms with Crippen LogP contribution in [0.3, 0.4) is 0 Å². The summed E-state index contributed by atoms with van der Waals surface area (Å²) in [6.45, 7) is 0.0541. The highest BCUT2D eigenvalue weighted by Gasteiger charge is 2.54. The smallest absolute Gasteiger partial charge is 0.325 e. The first-order valence-corrected chi connectivity index (χ1v) is 7.74. The van der Waals surface area contributed by atoms with Crippen LogP contribution in [-0.4, -0.2) is 36.5 Å². The molecule has 0 unspecified atom stereocenters. The summed E-state index contributed by atoms with van der Waals surface area (Å²) in [5.41, 5.74) is -0.0153. The van der Waals surface area contributed by atoms with Crippen molar-refractivity contribution in [2.75, 3.05) is 13.7 Å². The fourth-order valence-corrected chi connectivity index (χ4v) is 4.05. The Labute approximate surface area is 126 Å². The summed E-state index contributed by atoms with van der Waals surface area (Å²) in [7, 11) is 1.29. The number of imide groups is 1. The van der Waals surface area contributed by atoms with E-state index in [4.69, 9.17) is 0 Å². The second-order valence-corrected chi connectivity index (χ2v) is 6.23. The van der Waals surface area contributed by atoms with E-state index in [1.54, 1.807) is 11.3 Å². The molecule has 2 heterocycles. The van der Waals surface area contributed by atoms with Gasteiger partial charge in [-0.25, -0.2) is 4.79 Å². The first-order valence-electron chi connectivity index (χ1n) is 6.86. The molecule has 0 saturated carbocycles. The molecule has 112 valence electrons. The number of ether oxygens (including phenoxy) is 1. The fraction of sp³-hybridized carbons (Fsp3) is 0.500. The number of carbonyl (C=O) groups excluding carboxylic acids is 3. The largest absolute Gasteiger partial charge is 0.469 e. The van der Waals surface area contributed by atoms with Gasteiger partial charge >= 0.3 is 12.0 Å². The minimum atomic E-state index is -0.930. The van der Waals surface area contributed by atoms with E-state index >= 15 is 0 Å². The standard InChI is InChI=1S/C14H16N2O4S/c1-20-11(17)4-7-16-12(18)14(15-13(16)19)6-2-3-10-9(14)5-8-21-10/h5,8H,2-4,6-7H2,1H3,(H,15,19)/t14-/m0/s1. The highest BCUT2D eigenvalue weighted by Crippen LogP contribution is 2.42. The van der Waals surface area contributed by atoms with E-state index < -0.39 is 17.5 Å². The minimum absolute atomic E-state index is 0.0161. The van der Waals surface area contributed by atoms with Gasteiger partial charge in [0.2, 0.25) is 0 Å². The van der Waals surface area contributed by atoms with Gasteiger partial charge in [0.05, 0.1) is 13.5 Å². The molecule has 1 atom stereocenters. The average Bonchev–Trinajstić information content (AvgIpc) is 3.04. The lowest BCUT2D eigenvalue weighted by Crippen LogP contribution is -2.46. The Morgan fingerprint density at radius 3 is 3.10 bits per heavy atom. The molecule has 1 fully saturated rings. The third-order valence-corrected chi connectivity index (χ3v) is 5.08. The highest BCUT2D eigenvalue weighted by molar-refractivity contribution is 7.10. The molecule has 0 aromatic carbocycles. The molecule has 0 bridgehead atoms. The van der Waals surface area contributed by atoms with Gasteiger partial charge in [0.15, 0.2) is 0 Å². The van der Waals surface area contributed by atoms with Gasteiger partial charge in [-0.2, -0.15) is 0 Å². The van der Waals surface area contributed by atoms with Crippen molar-refractivity contribution < 1.29 is 19.1 Å². The van der Waals surface area contributed by atoms with Crippen LogP contribution < -0.4 is 5.32 Å². The van der Waals surface area contributed by atoms with Gasteiger partial charge in [-0.1, -0.05) is 0 Å². The van der Waals surface area contributed by atoms with Crippen molar-refractivity contribution >= 4 is 29.2 Å². The van der Waals surface area contributed by atoms with Crippen LogP contribution in [-0.2, 0) is 26.3 Å². The maximum Gasteiger partial charge on any atom is 0.325 e. The number of esters is 1. The Hall–Kier alpha value is -1.89. The quantitative estimate of drug-likeness (QED) is 0.676. The lowest BCUT2D eigenvalue weighted by atomic mass is 9.80. The molecule has 2 aliphatic rings. The van der Waals surface area contributed by atoms with Crippen molar-refractivity contribution in [3.05, 3.63) is 21.9 Å². The number of fused-ring (bicyclic) bond motifs is 2. The maximum absolute atomic E-state index is 12.7. The number of nitrogens with one attached hydrogen (secondary N) is 1. The Bertz CT molecular complexity index is 612. The number of amides is 3. The molecule has 21 heavy (non-hydrogen) atoms. The van der Waals surface area contributed by atoms with E-state index in [-0.39, 0.29) is 18.9 Å². The molecule has 1 aliphatic heterocycles. The van der Waals surface area contributed by atoms with Gasteiger partial charge in [-0.05, 0) is 30.7 Å². The van der Waals surface area contributed by atoms with Crippen molar-refractivity contribution in [1.29, 1.82) is 0 Å². The summed E-state index contributed by atoms with van der Waals surface area (Å²) >= 11 is 1.62. The maximum atomic E-state index is 12.7. The summed E-state index contributed by atoms with van der Waals surface area (Å²) in [4.78, 5) is 38.4. The Balaban J connectivity index is 1.86. The lowest BCUT2D eigenvalue weighted by molar-refractivity contribution is -0.141. The molecular formula is C14H16N2O4S. The molecule has 6 nitrogen and oxygen atoms in total. The van der Waals surface area contributed by atoms with E-state index in [1.165, 1.54) is 7.11 Å². The van der Waals surface area contributed by atoms with E-state index in [0.29, 0.717) is 6.42 Å². The topological polar surface area (TPSA) is 75.7 Å². The molecule has 3 amide bonds. The van der Waals surface area contributed by atoms with Crippen LogP contribution in [0.25, 0.3) is 0 Å². The summed E-state index contributed by atoms with van der Waals surface area (Å²) in [6, 6.07) is 1.49. The van der Waals surface area contributed by atoms with Crippen LogP contribution in [0.1, 0.15) is 29.7 Å². The van der Waals surface area contributed by atoms with E-state index in [9.17, 15) is 14.4 Å². The molecule has 1 spiro atoms. The molecule has 1 saturated heterocycles. The normalized spacial score (nSPS) is 24.1. The zero-order chi connectivity index (χ0) is 15.0. The van der Waals surface area contributed by atoms with Gasteiger partial charge < -0.3 is 10.1 Å². The van der Waals surface area contributed by atoms with Crippen LogP contribution in [0, 0.1) is 0 Å². The SMILES string of the molecule is COC(=O)CCN1C(=O)N[C@]2(CCCc3sccc32)C1=O. The van der Waals surface area contributed by atoms with Crippen LogP contribution in [0.2, 0.25) is 0 Å². The summed E-state index contributed by atoms with van der Waals surface area (Å²) in [5, 5.41) is 4.80. The number of aryl methyl sites for hydroxylation is 1. The number of urea groups is 1. The number of hydrogen-bond donors (Lipinski definition) is 1. The predicted octanol–water partition coefficient (Wildman–Crippen LogP) is 1.39. The number of hydrogen-bond acceptors (Lipinski definition) is 5. The second kappa shape index (κ2) is 5.14. The van der Waals surface area contributed by atoms with Crippen molar-refractivity contribution in [2.24, 2.45) is 0 Å². The first kappa shape index (κ1) is 14.1. The minimum Gasteiger partial charge on any atom is -0.469 e. The van der Waals surface area contributed by atoms with Crippen molar-refractivity contribution in [3.8, 4) is 0 Å². The molecule has 1 aliphatic carbocycles. The summed E-state index contributed by atoms with van der Waals surface area (Å²) in [5.74, 6) is -0.688. The van der Waals surface area contributed by atoms with Crippen LogP contribution in [0.15, 0.2) is 11.4 Å². The zero-order valence-electron chi connectivity index (χ0n) is 11.7. The molecule has 1 aromatic rings. The Kier molecular flexibility index (Phi) is 3.44. The van der Waals surface area contributed by atoms with Crippen LogP contribution in [0.4, 0.5) is 4.79 Å². The molecular weight excluding hydrogens is 292 g/mol. The van der Waals surface area contributed by atoms with Gasteiger partial charge in [0, 0.05) is 17.0 Å². The van der Waals surface area contributed by atoms with Gasteiger partial charge in [0.1, 0.15) is 5.54 Å². The summed E-state index contributed by atoms with van der Waals surface area (Å²) < 4.78 is 4.55. The number of rotatable bonds is 3. The van der Waals surface area contributed by atoms with Crippen molar-refractivity contribution in [1.82, 2.24) is 10.2 Å². The number of thiophene rings is 1. The van der Waals surface area contributed by atoms with Crippen LogP contribution >= 0.6 is 11.3 Å². The predicted molar refractivity (Wildman–Crippen MR) is 75.8 cm³/mol. The Morgan fingerprint density at radius 1 is 1.52 bits per heavy atom.